The van der Waals surface area contributed by atoms with E-state index in [1.165, 1.54) is 0 Å². The summed E-state index contributed by atoms with van der Waals surface area (Å²) >= 11 is 0. The van der Waals surface area contributed by atoms with Gasteiger partial charge in [-0.3, -0.25) is 9.48 Å². The predicted octanol–water partition coefficient (Wildman–Crippen LogP) is 2.94. The van der Waals surface area contributed by atoms with Gasteiger partial charge in [-0.25, -0.2) is 4.98 Å². The van der Waals surface area contributed by atoms with E-state index in [1.54, 1.807) is 10.9 Å². The molecule has 2 N–H and O–H groups in total. The SMILES string of the molecule is Cn1cc(C(=O)NCCc2nc3ccccc3[nH]2)c(-c2ccccc2)n1. The van der Waals surface area contributed by atoms with Crippen LogP contribution in [0.5, 0.6) is 0 Å². The molecule has 2 aromatic carbocycles. The van der Waals surface area contributed by atoms with Crippen LogP contribution in [0.3, 0.4) is 0 Å². The van der Waals surface area contributed by atoms with Gasteiger partial charge in [0.15, 0.2) is 0 Å². The number of H-pyrrole nitrogens is 1. The van der Waals surface area contributed by atoms with Crippen LogP contribution in [-0.2, 0) is 13.5 Å². The molecule has 0 bridgehead atoms. The van der Waals surface area contributed by atoms with Gasteiger partial charge in [0.25, 0.3) is 5.91 Å². The lowest BCUT2D eigenvalue weighted by molar-refractivity contribution is 0.0954. The molecule has 0 atom stereocenters. The first-order chi connectivity index (χ1) is 12.7. The number of amides is 1. The van der Waals surface area contributed by atoms with E-state index in [2.05, 4.69) is 20.4 Å². The Morgan fingerprint density at radius 1 is 1.12 bits per heavy atom. The molecule has 0 fully saturated rings. The van der Waals surface area contributed by atoms with Gasteiger partial charge in [0, 0.05) is 31.8 Å². The summed E-state index contributed by atoms with van der Waals surface area (Å²) in [7, 11) is 1.82. The molecule has 0 aliphatic rings. The number of carbonyl (C=O) groups is 1. The predicted molar refractivity (Wildman–Crippen MR) is 101 cm³/mol. The van der Waals surface area contributed by atoms with Crippen molar-refractivity contribution in [3.8, 4) is 11.3 Å². The number of hydrogen-bond donors (Lipinski definition) is 2. The van der Waals surface area contributed by atoms with Crippen molar-refractivity contribution in [2.75, 3.05) is 6.54 Å². The van der Waals surface area contributed by atoms with Gasteiger partial charge in [-0.05, 0) is 12.1 Å². The van der Waals surface area contributed by atoms with E-state index in [9.17, 15) is 4.79 Å². The van der Waals surface area contributed by atoms with E-state index in [1.807, 2.05) is 61.6 Å². The Labute approximate surface area is 150 Å². The summed E-state index contributed by atoms with van der Waals surface area (Å²) in [5.41, 5.74) is 4.13. The van der Waals surface area contributed by atoms with Crippen molar-refractivity contribution in [1.29, 1.82) is 0 Å². The maximum atomic E-state index is 12.6. The third kappa shape index (κ3) is 3.21. The van der Waals surface area contributed by atoms with E-state index in [4.69, 9.17) is 0 Å². The fourth-order valence-electron chi connectivity index (χ4n) is 2.98. The zero-order valence-corrected chi connectivity index (χ0v) is 14.4. The van der Waals surface area contributed by atoms with Crippen LogP contribution < -0.4 is 5.32 Å². The maximum absolute atomic E-state index is 12.6. The molecule has 6 nitrogen and oxygen atoms in total. The molecular formula is C20H19N5O. The monoisotopic (exact) mass is 345 g/mol. The van der Waals surface area contributed by atoms with Gasteiger partial charge in [-0.1, -0.05) is 42.5 Å². The lowest BCUT2D eigenvalue weighted by Gasteiger charge is -2.04. The molecule has 0 saturated carbocycles. The second-order valence-electron chi connectivity index (χ2n) is 6.14. The highest BCUT2D eigenvalue weighted by atomic mass is 16.1. The zero-order chi connectivity index (χ0) is 17.9. The number of nitrogens with zero attached hydrogens (tertiary/aromatic N) is 3. The normalized spacial score (nSPS) is 11.0. The Hall–Kier alpha value is -3.41. The van der Waals surface area contributed by atoms with Crippen molar-refractivity contribution >= 4 is 16.9 Å². The molecule has 4 aromatic rings. The largest absolute Gasteiger partial charge is 0.351 e. The number of para-hydroxylation sites is 2. The first-order valence-corrected chi connectivity index (χ1v) is 8.51. The summed E-state index contributed by atoms with van der Waals surface area (Å²) in [5.74, 6) is 0.731. The van der Waals surface area contributed by atoms with Crippen molar-refractivity contribution in [2.45, 2.75) is 6.42 Å². The lowest BCUT2D eigenvalue weighted by Crippen LogP contribution is -2.26. The van der Waals surface area contributed by atoms with Gasteiger partial charge in [0.05, 0.1) is 16.6 Å². The quantitative estimate of drug-likeness (QED) is 0.584. The van der Waals surface area contributed by atoms with Gasteiger partial charge in [0.1, 0.15) is 11.5 Å². The average molecular weight is 345 g/mol. The molecule has 130 valence electrons. The van der Waals surface area contributed by atoms with Crippen molar-refractivity contribution < 1.29 is 4.79 Å². The molecule has 2 heterocycles. The molecule has 2 aromatic heterocycles. The third-order valence-electron chi connectivity index (χ3n) is 4.21. The van der Waals surface area contributed by atoms with Crippen molar-refractivity contribution in [1.82, 2.24) is 25.1 Å². The fourth-order valence-corrected chi connectivity index (χ4v) is 2.98. The minimum absolute atomic E-state index is 0.131. The maximum Gasteiger partial charge on any atom is 0.255 e. The molecule has 4 rings (SSSR count). The summed E-state index contributed by atoms with van der Waals surface area (Å²) in [5, 5.41) is 7.40. The van der Waals surface area contributed by atoms with Crippen molar-refractivity contribution in [3.63, 3.8) is 0 Å². The molecule has 6 heteroatoms. The van der Waals surface area contributed by atoms with Gasteiger partial charge in [-0.15, -0.1) is 0 Å². The van der Waals surface area contributed by atoms with Gasteiger partial charge >= 0.3 is 0 Å². The van der Waals surface area contributed by atoms with E-state index >= 15 is 0 Å². The van der Waals surface area contributed by atoms with Crippen LogP contribution in [0.4, 0.5) is 0 Å². The smallest absolute Gasteiger partial charge is 0.255 e. The summed E-state index contributed by atoms with van der Waals surface area (Å²) in [6.07, 6.45) is 2.39. The zero-order valence-electron chi connectivity index (χ0n) is 14.4. The number of rotatable bonds is 5. The Bertz CT molecular complexity index is 1020. The Morgan fingerprint density at radius 2 is 1.88 bits per heavy atom. The second-order valence-corrected chi connectivity index (χ2v) is 6.14. The number of fused-ring (bicyclic) bond motifs is 1. The number of imidazole rings is 1. The molecular weight excluding hydrogens is 326 g/mol. The molecule has 0 unspecified atom stereocenters. The summed E-state index contributed by atoms with van der Waals surface area (Å²) in [6, 6.07) is 17.6. The van der Waals surface area contributed by atoms with Crippen molar-refractivity contribution in [2.24, 2.45) is 7.05 Å². The fraction of sp³-hybridized carbons (Fsp3) is 0.150. The van der Waals surface area contributed by atoms with E-state index in [-0.39, 0.29) is 5.91 Å². The molecule has 1 amide bonds. The first kappa shape index (κ1) is 16.1. The standard InChI is InChI=1S/C20H19N5O/c1-25-13-15(19(24-25)14-7-3-2-4-8-14)20(26)21-12-11-18-22-16-9-5-6-10-17(16)23-18/h2-10,13H,11-12H2,1H3,(H,21,26)(H,22,23). The van der Waals surface area contributed by atoms with Crippen LogP contribution >= 0.6 is 0 Å². The lowest BCUT2D eigenvalue weighted by atomic mass is 10.1. The number of benzene rings is 2. The molecule has 0 aliphatic carbocycles. The highest BCUT2D eigenvalue weighted by molar-refractivity contribution is 5.99. The molecule has 0 aliphatic heterocycles. The molecule has 0 saturated heterocycles. The molecule has 0 radical (unpaired) electrons. The van der Waals surface area contributed by atoms with Gasteiger partial charge in [-0.2, -0.15) is 5.10 Å². The van der Waals surface area contributed by atoms with Gasteiger partial charge in [0.2, 0.25) is 0 Å². The number of aromatic nitrogens is 4. The third-order valence-corrected chi connectivity index (χ3v) is 4.21. The minimum Gasteiger partial charge on any atom is -0.351 e. The van der Waals surface area contributed by atoms with E-state index < -0.39 is 0 Å². The highest BCUT2D eigenvalue weighted by Crippen LogP contribution is 2.21. The summed E-state index contributed by atoms with van der Waals surface area (Å²) < 4.78 is 1.66. The number of carbonyl (C=O) groups excluding carboxylic acids is 1. The summed E-state index contributed by atoms with van der Waals surface area (Å²) in [6.45, 7) is 0.502. The van der Waals surface area contributed by atoms with Crippen LogP contribution in [0.2, 0.25) is 0 Å². The second kappa shape index (κ2) is 6.84. The van der Waals surface area contributed by atoms with Crippen LogP contribution in [0.15, 0.2) is 60.8 Å². The van der Waals surface area contributed by atoms with Crippen LogP contribution in [0, 0.1) is 0 Å². The molecule has 26 heavy (non-hydrogen) atoms. The highest BCUT2D eigenvalue weighted by Gasteiger charge is 2.16. The van der Waals surface area contributed by atoms with Gasteiger partial charge < -0.3 is 10.3 Å². The van der Waals surface area contributed by atoms with Crippen LogP contribution in [-0.4, -0.2) is 32.2 Å². The van der Waals surface area contributed by atoms with E-state index in [0.29, 0.717) is 24.2 Å². The Morgan fingerprint density at radius 3 is 2.69 bits per heavy atom. The number of nitrogens with one attached hydrogen (secondary N) is 2. The molecule has 0 spiro atoms. The van der Waals surface area contributed by atoms with Crippen molar-refractivity contribution in [3.05, 3.63) is 72.2 Å². The minimum atomic E-state index is -0.131. The number of aromatic amines is 1. The van der Waals surface area contributed by atoms with Crippen LogP contribution in [0.25, 0.3) is 22.3 Å². The number of hydrogen-bond acceptors (Lipinski definition) is 3. The number of aryl methyl sites for hydroxylation is 1. The van der Waals surface area contributed by atoms with E-state index in [0.717, 1.165) is 22.4 Å². The summed E-state index contributed by atoms with van der Waals surface area (Å²) in [4.78, 5) is 20.4. The average Bonchev–Trinajstić information content (AvgIpc) is 3.25. The topological polar surface area (TPSA) is 75.6 Å². The Kier molecular flexibility index (Phi) is 4.23. The van der Waals surface area contributed by atoms with Crippen LogP contribution in [0.1, 0.15) is 16.2 Å². The Balaban J connectivity index is 1.45. The first-order valence-electron chi connectivity index (χ1n) is 8.51.